The van der Waals surface area contributed by atoms with Crippen LogP contribution in [0, 0.1) is 0 Å². The van der Waals surface area contributed by atoms with Gasteiger partial charge in [-0.2, -0.15) is 5.10 Å². The first-order valence-electron chi connectivity index (χ1n) is 10.6. The highest BCUT2D eigenvalue weighted by Crippen LogP contribution is 2.33. The third-order valence-corrected chi connectivity index (χ3v) is 4.78. The summed E-state index contributed by atoms with van der Waals surface area (Å²) in [7, 11) is 0. The second-order valence-corrected chi connectivity index (χ2v) is 7.32. The number of nitrogens with zero attached hydrogens (tertiary/aromatic N) is 1. The molecular weight excluding hydrogens is 450 g/mol. The van der Waals surface area contributed by atoms with Gasteiger partial charge in [-0.15, -0.1) is 0 Å². The Kier molecular flexibility index (Phi) is 7.17. The maximum Gasteiger partial charge on any atom is 0.308 e. The van der Waals surface area contributed by atoms with Crippen LogP contribution in [0.25, 0.3) is 6.08 Å². The van der Waals surface area contributed by atoms with Crippen molar-refractivity contribution in [1.82, 2.24) is 10.7 Å². The fourth-order valence-corrected chi connectivity index (χ4v) is 3.17. The molecule has 3 aromatic carbocycles. The summed E-state index contributed by atoms with van der Waals surface area (Å²) in [6.07, 6.45) is 2.84. The van der Waals surface area contributed by atoms with Gasteiger partial charge in [-0.1, -0.05) is 36.4 Å². The molecule has 4 rings (SSSR count). The van der Waals surface area contributed by atoms with Crippen molar-refractivity contribution in [3.05, 3.63) is 95.2 Å². The first-order valence-corrected chi connectivity index (χ1v) is 10.6. The number of ether oxygens (including phenoxy) is 3. The van der Waals surface area contributed by atoms with E-state index in [0.29, 0.717) is 33.9 Å². The highest BCUT2D eigenvalue weighted by Gasteiger charge is 2.17. The van der Waals surface area contributed by atoms with Gasteiger partial charge in [0.05, 0.1) is 6.21 Å². The molecule has 0 aromatic heterocycles. The topological polar surface area (TPSA) is 115 Å². The molecule has 0 aliphatic carbocycles. The van der Waals surface area contributed by atoms with Gasteiger partial charge in [-0.05, 0) is 48.0 Å². The third-order valence-electron chi connectivity index (χ3n) is 4.78. The number of hydrazone groups is 1. The first-order chi connectivity index (χ1) is 17.0. The Morgan fingerprint density at radius 1 is 0.943 bits per heavy atom. The van der Waals surface area contributed by atoms with E-state index in [1.807, 2.05) is 0 Å². The number of hydrogen-bond acceptors (Lipinski definition) is 7. The van der Waals surface area contributed by atoms with Gasteiger partial charge >= 0.3 is 5.97 Å². The molecule has 9 nitrogen and oxygen atoms in total. The molecule has 0 spiro atoms. The van der Waals surface area contributed by atoms with Gasteiger partial charge < -0.3 is 19.5 Å². The highest BCUT2D eigenvalue weighted by atomic mass is 16.7. The van der Waals surface area contributed by atoms with Crippen LogP contribution in [0.2, 0.25) is 0 Å². The van der Waals surface area contributed by atoms with Crippen LogP contribution < -0.4 is 25.0 Å². The first kappa shape index (κ1) is 23.2. The molecular formula is C26H21N3O6. The Morgan fingerprint density at radius 3 is 2.49 bits per heavy atom. The summed E-state index contributed by atoms with van der Waals surface area (Å²) in [6.45, 7) is 1.41. The molecule has 0 saturated heterocycles. The average Bonchev–Trinajstić information content (AvgIpc) is 3.33. The van der Waals surface area contributed by atoms with Crippen molar-refractivity contribution in [2.24, 2.45) is 5.10 Å². The number of hydrogen-bond donors (Lipinski definition) is 2. The summed E-state index contributed by atoms with van der Waals surface area (Å²) in [5.41, 5.74) is 3.83. The zero-order valence-corrected chi connectivity index (χ0v) is 18.7. The standard InChI is InChI=1S/C26H21N3O6/c1-17(30)35-22-10-6-5-9-20(22)15-27-29-26(32)21(28-25(31)19-7-3-2-4-8-19)13-18-11-12-23-24(14-18)34-16-33-23/h2-15H,16H2,1H3,(H,28,31)(H,29,32)/b21-13+,27-15-. The van der Waals surface area contributed by atoms with Crippen LogP contribution in [0.4, 0.5) is 0 Å². The van der Waals surface area contributed by atoms with Crippen LogP contribution >= 0.6 is 0 Å². The summed E-state index contributed by atoms with van der Waals surface area (Å²) in [5.74, 6) is -0.172. The molecule has 0 atom stereocenters. The van der Waals surface area contributed by atoms with Crippen molar-refractivity contribution in [1.29, 1.82) is 0 Å². The van der Waals surface area contributed by atoms with E-state index in [1.165, 1.54) is 19.2 Å². The molecule has 1 aliphatic heterocycles. The molecule has 0 radical (unpaired) electrons. The smallest absolute Gasteiger partial charge is 0.308 e. The summed E-state index contributed by atoms with van der Waals surface area (Å²) < 4.78 is 15.8. The summed E-state index contributed by atoms with van der Waals surface area (Å²) >= 11 is 0. The van der Waals surface area contributed by atoms with Crippen molar-refractivity contribution in [2.75, 3.05) is 6.79 Å². The lowest BCUT2D eigenvalue weighted by Gasteiger charge is -2.10. The van der Waals surface area contributed by atoms with Crippen molar-refractivity contribution in [3.63, 3.8) is 0 Å². The minimum absolute atomic E-state index is 0.0388. The molecule has 3 aromatic rings. The zero-order valence-electron chi connectivity index (χ0n) is 18.7. The van der Waals surface area contributed by atoms with Crippen molar-refractivity contribution in [2.45, 2.75) is 6.92 Å². The van der Waals surface area contributed by atoms with Gasteiger partial charge in [-0.3, -0.25) is 14.4 Å². The summed E-state index contributed by atoms with van der Waals surface area (Å²) in [5, 5.41) is 6.59. The maximum absolute atomic E-state index is 13.0. The number of carbonyl (C=O) groups is 3. The zero-order chi connectivity index (χ0) is 24.6. The van der Waals surface area contributed by atoms with E-state index in [4.69, 9.17) is 14.2 Å². The summed E-state index contributed by atoms with van der Waals surface area (Å²) in [4.78, 5) is 37.0. The van der Waals surface area contributed by atoms with Crippen LogP contribution in [0.1, 0.15) is 28.4 Å². The molecule has 176 valence electrons. The predicted molar refractivity (Wildman–Crippen MR) is 128 cm³/mol. The Morgan fingerprint density at radius 2 is 1.69 bits per heavy atom. The fraction of sp³-hybridized carbons (Fsp3) is 0.0769. The van der Waals surface area contributed by atoms with Crippen LogP contribution in [-0.4, -0.2) is 30.8 Å². The number of nitrogens with one attached hydrogen (secondary N) is 2. The lowest BCUT2D eigenvalue weighted by Crippen LogP contribution is -2.32. The SMILES string of the molecule is CC(=O)Oc1ccccc1/C=N\NC(=O)/C(=C\c1ccc2c(c1)OCO2)NC(=O)c1ccccc1. The lowest BCUT2D eigenvalue weighted by atomic mass is 10.1. The molecule has 35 heavy (non-hydrogen) atoms. The second-order valence-electron chi connectivity index (χ2n) is 7.32. The number of esters is 1. The second kappa shape index (κ2) is 10.8. The van der Waals surface area contributed by atoms with Crippen LogP contribution in [0.3, 0.4) is 0 Å². The van der Waals surface area contributed by atoms with E-state index in [1.54, 1.807) is 72.8 Å². The van der Waals surface area contributed by atoms with Crippen molar-refractivity contribution >= 4 is 30.1 Å². The fourth-order valence-electron chi connectivity index (χ4n) is 3.17. The Bertz CT molecular complexity index is 1320. The van der Waals surface area contributed by atoms with E-state index in [0.717, 1.165) is 0 Å². The Hall–Kier alpha value is -4.92. The monoisotopic (exact) mass is 471 g/mol. The van der Waals surface area contributed by atoms with Crippen molar-refractivity contribution < 1.29 is 28.6 Å². The van der Waals surface area contributed by atoms with Crippen molar-refractivity contribution in [3.8, 4) is 17.2 Å². The molecule has 0 bridgehead atoms. The normalized spacial score (nSPS) is 12.3. The molecule has 1 heterocycles. The maximum atomic E-state index is 13.0. The number of benzene rings is 3. The van der Waals surface area contributed by atoms with Gasteiger partial charge in [-0.25, -0.2) is 5.43 Å². The van der Waals surface area contributed by atoms with Crippen LogP contribution in [0.15, 0.2) is 83.6 Å². The molecule has 2 amide bonds. The third kappa shape index (κ3) is 6.11. The number of para-hydroxylation sites is 1. The molecule has 2 N–H and O–H groups in total. The van der Waals surface area contributed by atoms with Crippen LogP contribution in [0.5, 0.6) is 17.2 Å². The predicted octanol–water partition coefficient (Wildman–Crippen LogP) is 3.26. The van der Waals surface area contributed by atoms with Gasteiger partial charge in [0.25, 0.3) is 11.8 Å². The molecule has 0 fully saturated rings. The average molecular weight is 471 g/mol. The van der Waals surface area contributed by atoms with Gasteiger partial charge in [0.1, 0.15) is 11.4 Å². The number of carbonyl (C=O) groups excluding carboxylic acids is 3. The number of rotatable bonds is 7. The molecule has 0 saturated carbocycles. The minimum Gasteiger partial charge on any atom is -0.454 e. The van der Waals surface area contributed by atoms with E-state index in [2.05, 4.69) is 15.8 Å². The largest absolute Gasteiger partial charge is 0.454 e. The Balaban J connectivity index is 1.56. The highest BCUT2D eigenvalue weighted by molar-refractivity contribution is 6.05. The van der Waals surface area contributed by atoms with Gasteiger partial charge in [0.15, 0.2) is 11.5 Å². The van der Waals surface area contributed by atoms with E-state index in [9.17, 15) is 14.4 Å². The van der Waals surface area contributed by atoms with Gasteiger partial charge in [0.2, 0.25) is 6.79 Å². The van der Waals surface area contributed by atoms with E-state index >= 15 is 0 Å². The number of fused-ring (bicyclic) bond motifs is 1. The molecule has 1 aliphatic rings. The van der Waals surface area contributed by atoms with Crippen LogP contribution in [-0.2, 0) is 9.59 Å². The number of amides is 2. The van der Waals surface area contributed by atoms with E-state index in [-0.39, 0.29) is 12.5 Å². The molecule has 9 heteroatoms. The summed E-state index contributed by atoms with van der Waals surface area (Å²) in [6, 6.07) is 20.4. The minimum atomic E-state index is -0.659. The quantitative estimate of drug-likeness (QED) is 0.180. The lowest BCUT2D eigenvalue weighted by molar-refractivity contribution is -0.131. The Labute approximate surface area is 201 Å². The van der Waals surface area contributed by atoms with E-state index < -0.39 is 17.8 Å². The van der Waals surface area contributed by atoms with Gasteiger partial charge in [0, 0.05) is 18.1 Å². The molecule has 0 unspecified atom stereocenters.